The zero-order valence-electron chi connectivity index (χ0n) is 32.9. The predicted molar refractivity (Wildman–Crippen MR) is 199 cm³/mol. The molecular formula is C41H79NO7. The number of carboxylic acids is 1. The van der Waals surface area contributed by atoms with Gasteiger partial charge < -0.3 is 28.6 Å². The molecule has 0 aliphatic heterocycles. The highest BCUT2D eigenvalue weighted by molar-refractivity contribution is 5.70. The molecule has 8 nitrogen and oxygen atoms in total. The SMILES string of the molecule is CCCCCCCCCCCCCCCCC(=O)OC(COCCC(C(=O)[O-])[N+](C)(C)C)COC(=O)CCCCCCCCCCCCC. The number of aliphatic carboxylic acids is 1. The van der Waals surface area contributed by atoms with Gasteiger partial charge in [0.25, 0.3) is 0 Å². The molecule has 0 aromatic rings. The molecule has 0 saturated heterocycles. The molecule has 49 heavy (non-hydrogen) atoms. The molecule has 0 rings (SSSR count). The maximum atomic E-state index is 12.7. The predicted octanol–water partition coefficient (Wildman–Crippen LogP) is 9.25. The van der Waals surface area contributed by atoms with Crippen LogP contribution in [-0.2, 0) is 28.6 Å². The van der Waals surface area contributed by atoms with E-state index in [1.807, 2.05) is 0 Å². The van der Waals surface area contributed by atoms with Gasteiger partial charge in [0.05, 0.1) is 40.3 Å². The molecule has 2 unspecified atom stereocenters. The first-order valence-corrected chi connectivity index (χ1v) is 20.6. The van der Waals surface area contributed by atoms with Crippen LogP contribution in [0.15, 0.2) is 0 Å². The van der Waals surface area contributed by atoms with Crippen LogP contribution < -0.4 is 5.11 Å². The molecule has 0 bridgehead atoms. The van der Waals surface area contributed by atoms with Gasteiger partial charge in [-0.15, -0.1) is 0 Å². The van der Waals surface area contributed by atoms with Crippen LogP contribution in [0.4, 0.5) is 0 Å². The highest BCUT2D eigenvalue weighted by Gasteiger charge is 2.25. The van der Waals surface area contributed by atoms with E-state index in [-0.39, 0.29) is 42.7 Å². The molecule has 0 heterocycles. The molecule has 290 valence electrons. The third kappa shape index (κ3) is 32.0. The number of ether oxygens (including phenoxy) is 3. The Morgan fingerprint density at radius 2 is 0.898 bits per heavy atom. The monoisotopic (exact) mass is 698 g/mol. The topological polar surface area (TPSA) is 102 Å². The number of rotatable bonds is 37. The molecule has 0 fully saturated rings. The Bertz CT molecular complexity index is 782. The van der Waals surface area contributed by atoms with Gasteiger partial charge in [-0.25, -0.2) is 0 Å². The second-order valence-corrected chi connectivity index (χ2v) is 15.2. The Balaban J connectivity index is 4.35. The van der Waals surface area contributed by atoms with E-state index in [0.717, 1.165) is 38.5 Å². The molecule has 0 spiro atoms. The third-order valence-corrected chi connectivity index (χ3v) is 9.49. The number of carbonyl (C=O) groups excluding carboxylic acids is 3. The normalized spacial score (nSPS) is 12.9. The Morgan fingerprint density at radius 1 is 0.531 bits per heavy atom. The van der Waals surface area contributed by atoms with Crippen molar-refractivity contribution in [1.29, 1.82) is 0 Å². The number of quaternary nitrogens is 1. The highest BCUT2D eigenvalue weighted by atomic mass is 16.6. The van der Waals surface area contributed by atoms with E-state index in [1.54, 1.807) is 21.1 Å². The van der Waals surface area contributed by atoms with Crippen molar-refractivity contribution in [3.05, 3.63) is 0 Å². The van der Waals surface area contributed by atoms with Gasteiger partial charge in [0, 0.05) is 19.3 Å². The zero-order valence-corrected chi connectivity index (χ0v) is 32.9. The van der Waals surface area contributed by atoms with E-state index in [4.69, 9.17) is 14.2 Å². The number of carboxylic acid groups (broad SMARTS) is 1. The summed E-state index contributed by atoms with van der Waals surface area (Å²) in [6, 6.07) is -0.718. The number of carbonyl (C=O) groups is 3. The molecule has 0 N–H and O–H groups in total. The van der Waals surface area contributed by atoms with E-state index in [1.165, 1.54) is 122 Å². The number of hydrogen-bond donors (Lipinski definition) is 0. The van der Waals surface area contributed by atoms with Crippen LogP contribution in [0.25, 0.3) is 0 Å². The average molecular weight is 698 g/mol. The van der Waals surface area contributed by atoms with E-state index in [9.17, 15) is 19.5 Å². The van der Waals surface area contributed by atoms with Crippen molar-refractivity contribution in [3.63, 3.8) is 0 Å². The maximum Gasteiger partial charge on any atom is 0.306 e. The van der Waals surface area contributed by atoms with Crippen LogP contribution in [-0.4, -0.2) is 75.5 Å². The van der Waals surface area contributed by atoms with Gasteiger partial charge in [-0.1, -0.05) is 162 Å². The minimum Gasteiger partial charge on any atom is -0.544 e. The molecule has 0 aromatic heterocycles. The van der Waals surface area contributed by atoms with Crippen molar-refractivity contribution < 1.29 is 38.2 Å². The second-order valence-electron chi connectivity index (χ2n) is 15.2. The second kappa shape index (κ2) is 33.5. The fraction of sp³-hybridized carbons (Fsp3) is 0.927. The van der Waals surface area contributed by atoms with Crippen molar-refractivity contribution in [1.82, 2.24) is 0 Å². The van der Waals surface area contributed by atoms with E-state index in [0.29, 0.717) is 12.8 Å². The molecule has 0 saturated carbocycles. The number of unbranched alkanes of at least 4 members (excludes halogenated alkanes) is 23. The average Bonchev–Trinajstić information content (AvgIpc) is 3.05. The summed E-state index contributed by atoms with van der Waals surface area (Å²) in [5.41, 5.74) is 0. The molecule has 0 radical (unpaired) electrons. The lowest BCUT2D eigenvalue weighted by Gasteiger charge is -2.34. The van der Waals surface area contributed by atoms with Crippen LogP contribution in [0.1, 0.15) is 194 Å². The summed E-state index contributed by atoms with van der Waals surface area (Å²) in [5, 5.41) is 11.6. The van der Waals surface area contributed by atoms with Crippen molar-refractivity contribution in [2.24, 2.45) is 0 Å². The highest BCUT2D eigenvalue weighted by Crippen LogP contribution is 2.15. The van der Waals surface area contributed by atoms with Crippen molar-refractivity contribution >= 4 is 17.9 Å². The van der Waals surface area contributed by atoms with E-state index in [2.05, 4.69) is 13.8 Å². The van der Waals surface area contributed by atoms with Crippen LogP contribution in [0.2, 0.25) is 0 Å². The van der Waals surface area contributed by atoms with Gasteiger partial charge in [0.2, 0.25) is 0 Å². The number of esters is 2. The van der Waals surface area contributed by atoms with Gasteiger partial charge in [-0.3, -0.25) is 9.59 Å². The van der Waals surface area contributed by atoms with Crippen LogP contribution in [0.5, 0.6) is 0 Å². The summed E-state index contributed by atoms with van der Waals surface area (Å²) >= 11 is 0. The first kappa shape index (κ1) is 47.3. The van der Waals surface area contributed by atoms with Crippen LogP contribution in [0, 0.1) is 0 Å². The van der Waals surface area contributed by atoms with E-state index < -0.39 is 18.1 Å². The third-order valence-electron chi connectivity index (χ3n) is 9.49. The molecule has 0 aromatic carbocycles. The Morgan fingerprint density at radius 3 is 1.27 bits per heavy atom. The van der Waals surface area contributed by atoms with Crippen molar-refractivity contribution in [2.45, 2.75) is 206 Å². The maximum absolute atomic E-state index is 12.7. The molecule has 2 atom stereocenters. The van der Waals surface area contributed by atoms with Crippen molar-refractivity contribution in [2.75, 3.05) is 41.0 Å². The lowest BCUT2D eigenvalue weighted by atomic mass is 10.0. The van der Waals surface area contributed by atoms with Crippen LogP contribution in [0.3, 0.4) is 0 Å². The summed E-state index contributed by atoms with van der Waals surface area (Å²) in [4.78, 5) is 36.7. The minimum absolute atomic E-state index is 0.0487. The largest absolute Gasteiger partial charge is 0.544 e. The summed E-state index contributed by atoms with van der Waals surface area (Å²) in [5.74, 6) is -1.72. The lowest BCUT2D eigenvalue weighted by Crippen LogP contribution is -2.55. The summed E-state index contributed by atoms with van der Waals surface area (Å²) in [6.45, 7) is 4.67. The van der Waals surface area contributed by atoms with Gasteiger partial charge in [-0.05, 0) is 12.8 Å². The quantitative estimate of drug-likeness (QED) is 0.0362. The Labute approximate surface area is 302 Å². The first-order valence-electron chi connectivity index (χ1n) is 20.6. The van der Waals surface area contributed by atoms with E-state index >= 15 is 0 Å². The summed E-state index contributed by atoms with van der Waals surface area (Å²) < 4.78 is 17.1. The fourth-order valence-electron chi connectivity index (χ4n) is 6.25. The molecule has 0 aliphatic rings. The van der Waals surface area contributed by atoms with Crippen LogP contribution >= 0.6 is 0 Å². The number of nitrogens with zero attached hydrogens (tertiary/aromatic N) is 1. The molecule has 0 aliphatic carbocycles. The zero-order chi connectivity index (χ0) is 36.4. The van der Waals surface area contributed by atoms with Crippen molar-refractivity contribution in [3.8, 4) is 0 Å². The van der Waals surface area contributed by atoms with Gasteiger partial charge >= 0.3 is 11.9 Å². The number of hydrogen-bond acceptors (Lipinski definition) is 7. The molecule has 8 heteroatoms. The summed E-state index contributed by atoms with van der Waals surface area (Å²) in [6.07, 6.45) is 31.1. The minimum atomic E-state index is -1.12. The lowest BCUT2D eigenvalue weighted by molar-refractivity contribution is -0.889. The smallest absolute Gasteiger partial charge is 0.306 e. The van der Waals surface area contributed by atoms with Gasteiger partial charge in [0.1, 0.15) is 12.6 Å². The van der Waals surface area contributed by atoms with Gasteiger partial charge in [-0.2, -0.15) is 0 Å². The Kier molecular flexibility index (Phi) is 32.3. The van der Waals surface area contributed by atoms with Gasteiger partial charge in [0.15, 0.2) is 6.10 Å². The first-order chi connectivity index (χ1) is 23.6. The standard InChI is InChI=1S/C41H79NO7/c1-6-8-10-12-14-16-18-19-20-22-24-26-28-30-32-40(44)49-37(35-47-34-33-38(41(45)46)42(3,4)5)36-48-39(43)31-29-27-25-23-21-17-15-13-11-9-7-2/h37-38H,6-36H2,1-5H3. The summed E-state index contributed by atoms with van der Waals surface area (Å²) in [7, 11) is 5.41. The number of likely N-dealkylation sites (N-methyl/N-ethyl adjacent to an activating group) is 1. The Hall–Kier alpha value is -1.67. The fourth-order valence-corrected chi connectivity index (χ4v) is 6.25. The molecule has 0 amide bonds. The molecular weight excluding hydrogens is 618 g/mol.